The number of aryl methyl sites for hydroxylation is 1. The number of aromatic amines is 1. The Bertz CT molecular complexity index is 406. The van der Waals surface area contributed by atoms with E-state index in [0.29, 0.717) is 5.82 Å². The van der Waals surface area contributed by atoms with E-state index in [1.54, 1.807) is 6.92 Å². The van der Waals surface area contributed by atoms with Gasteiger partial charge < -0.3 is 10.1 Å². The molecule has 0 amide bonds. The second-order valence-electron chi connectivity index (χ2n) is 2.42. The first kappa shape index (κ1) is 9.18. The molecule has 0 aliphatic carbocycles. The van der Waals surface area contributed by atoms with Gasteiger partial charge in [0, 0.05) is 12.3 Å². The van der Waals surface area contributed by atoms with Crippen LogP contribution in [0.2, 0.25) is 0 Å². The van der Waals surface area contributed by atoms with Crippen LogP contribution in [0.15, 0.2) is 17.1 Å². The monoisotopic (exact) mass is 180 g/mol. The topological polar surface area (TPSA) is 83.0 Å². The zero-order chi connectivity index (χ0) is 9.84. The zero-order valence-corrected chi connectivity index (χ0v) is 6.94. The number of aliphatic carboxylic acids is 1. The quantitative estimate of drug-likeness (QED) is 0.636. The van der Waals surface area contributed by atoms with Crippen molar-refractivity contribution in [1.82, 2.24) is 9.97 Å². The average Bonchev–Trinajstić information content (AvgIpc) is 2.02. The lowest BCUT2D eigenvalue weighted by Crippen LogP contribution is -2.11. The first-order chi connectivity index (χ1) is 6.09. The van der Waals surface area contributed by atoms with Gasteiger partial charge in [0.1, 0.15) is 5.82 Å². The van der Waals surface area contributed by atoms with Crippen molar-refractivity contribution in [2.45, 2.75) is 6.92 Å². The summed E-state index contributed by atoms with van der Waals surface area (Å²) in [4.78, 5) is 27.5. The summed E-state index contributed by atoms with van der Waals surface area (Å²) in [5.74, 6) is -0.600. The van der Waals surface area contributed by atoms with Crippen LogP contribution in [0.4, 0.5) is 0 Å². The third kappa shape index (κ3) is 2.55. The summed E-state index contributed by atoms with van der Waals surface area (Å²) >= 11 is 0. The van der Waals surface area contributed by atoms with Crippen LogP contribution in [0.5, 0.6) is 0 Å². The Hall–Kier alpha value is -1.91. The SMILES string of the molecule is Cc1ncc(/C=C\C(=O)O)c(=O)[nH]1. The Kier molecular flexibility index (Phi) is 2.59. The number of rotatable bonds is 2. The molecule has 2 N–H and O–H groups in total. The van der Waals surface area contributed by atoms with Gasteiger partial charge in [0.2, 0.25) is 0 Å². The summed E-state index contributed by atoms with van der Waals surface area (Å²) in [6.45, 7) is 1.64. The molecule has 0 aliphatic rings. The maximum absolute atomic E-state index is 11.1. The van der Waals surface area contributed by atoms with Crippen molar-refractivity contribution < 1.29 is 9.90 Å². The maximum atomic E-state index is 11.1. The molecule has 5 heteroatoms. The first-order valence-corrected chi connectivity index (χ1v) is 3.56. The molecule has 0 aliphatic heterocycles. The van der Waals surface area contributed by atoms with Gasteiger partial charge in [0.25, 0.3) is 5.56 Å². The Morgan fingerprint density at radius 3 is 2.92 bits per heavy atom. The van der Waals surface area contributed by atoms with Crippen molar-refractivity contribution in [2.75, 3.05) is 0 Å². The van der Waals surface area contributed by atoms with E-state index in [1.165, 1.54) is 12.3 Å². The van der Waals surface area contributed by atoms with Crippen LogP contribution in [0.1, 0.15) is 11.4 Å². The number of carboxylic acid groups (broad SMARTS) is 1. The fourth-order valence-corrected chi connectivity index (χ4v) is 0.774. The second-order valence-corrected chi connectivity index (χ2v) is 2.42. The summed E-state index contributed by atoms with van der Waals surface area (Å²) in [7, 11) is 0. The van der Waals surface area contributed by atoms with E-state index in [9.17, 15) is 9.59 Å². The van der Waals surface area contributed by atoms with E-state index in [-0.39, 0.29) is 11.1 Å². The van der Waals surface area contributed by atoms with Crippen molar-refractivity contribution in [2.24, 2.45) is 0 Å². The fourth-order valence-electron chi connectivity index (χ4n) is 0.774. The van der Waals surface area contributed by atoms with Crippen molar-refractivity contribution in [3.63, 3.8) is 0 Å². The molecule has 1 aromatic rings. The summed E-state index contributed by atoms with van der Waals surface area (Å²) in [6, 6.07) is 0. The number of H-pyrrole nitrogens is 1. The smallest absolute Gasteiger partial charge is 0.328 e. The molecule has 0 saturated heterocycles. The van der Waals surface area contributed by atoms with Gasteiger partial charge >= 0.3 is 5.97 Å². The molecule has 68 valence electrons. The predicted molar refractivity (Wildman–Crippen MR) is 46.3 cm³/mol. The van der Waals surface area contributed by atoms with Crippen molar-refractivity contribution in [3.8, 4) is 0 Å². The Morgan fingerprint density at radius 1 is 1.69 bits per heavy atom. The van der Waals surface area contributed by atoms with Gasteiger partial charge in [-0.05, 0) is 13.0 Å². The minimum Gasteiger partial charge on any atom is -0.478 e. The predicted octanol–water partition coefficient (Wildman–Crippen LogP) is 0.176. The van der Waals surface area contributed by atoms with Gasteiger partial charge in [-0.2, -0.15) is 0 Å². The number of nitrogens with zero attached hydrogens (tertiary/aromatic N) is 1. The van der Waals surface area contributed by atoms with Crippen LogP contribution < -0.4 is 5.56 Å². The van der Waals surface area contributed by atoms with Gasteiger partial charge in [0.15, 0.2) is 0 Å². The van der Waals surface area contributed by atoms with Gasteiger partial charge in [-0.1, -0.05) is 0 Å². The number of carbonyl (C=O) groups is 1. The minimum atomic E-state index is -1.10. The van der Waals surface area contributed by atoms with Crippen molar-refractivity contribution in [1.29, 1.82) is 0 Å². The van der Waals surface area contributed by atoms with E-state index < -0.39 is 5.97 Å². The number of hydrogen-bond acceptors (Lipinski definition) is 3. The van der Waals surface area contributed by atoms with Gasteiger partial charge in [0.05, 0.1) is 5.56 Å². The van der Waals surface area contributed by atoms with Gasteiger partial charge in [-0.3, -0.25) is 4.79 Å². The van der Waals surface area contributed by atoms with E-state index in [4.69, 9.17) is 5.11 Å². The van der Waals surface area contributed by atoms with Crippen molar-refractivity contribution >= 4 is 12.0 Å². The van der Waals surface area contributed by atoms with E-state index in [2.05, 4.69) is 9.97 Å². The lowest BCUT2D eigenvalue weighted by atomic mass is 10.3. The molecule has 0 aromatic carbocycles. The maximum Gasteiger partial charge on any atom is 0.328 e. The molecule has 0 bridgehead atoms. The zero-order valence-electron chi connectivity index (χ0n) is 6.94. The van der Waals surface area contributed by atoms with E-state index >= 15 is 0 Å². The van der Waals surface area contributed by atoms with Gasteiger partial charge in [-0.15, -0.1) is 0 Å². The lowest BCUT2D eigenvalue weighted by molar-refractivity contribution is -0.131. The Balaban J connectivity index is 3.04. The highest BCUT2D eigenvalue weighted by Gasteiger charge is 1.96. The standard InChI is InChI=1S/C8H8N2O3/c1-5-9-4-6(8(13)10-5)2-3-7(11)12/h2-4H,1H3,(H,11,12)(H,9,10,13)/b3-2-. The summed E-state index contributed by atoms with van der Waals surface area (Å²) in [6.07, 6.45) is 3.42. The highest BCUT2D eigenvalue weighted by molar-refractivity contribution is 5.85. The minimum absolute atomic E-state index is 0.230. The molecule has 0 unspecified atom stereocenters. The molecule has 0 spiro atoms. The third-order valence-corrected chi connectivity index (χ3v) is 1.36. The summed E-state index contributed by atoms with van der Waals surface area (Å²) in [5.41, 5.74) is -0.113. The molecule has 1 aromatic heterocycles. The van der Waals surface area contributed by atoms with Crippen LogP contribution in [0.3, 0.4) is 0 Å². The molecule has 0 fully saturated rings. The van der Waals surface area contributed by atoms with Crippen LogP contribution in [-0.2, 0) is 4.79 Å². The summed E-state index contributed by atoms with van der Waals surface area (Å²) in [5, 5.41) is 8.30. The largest absolute Gasteiger partial charge is 0.478 e. The molecule has 0 atom stereocenters. The fraction of sp³-hybridized carbons (Fsp3) is 0.125. The van der Waals surface area contributed by atoms with E-state index in [1.807, 2.05) is 0 Å². The Labute approximate surface area is 73.8 Å². The van der Waals surface area contributed by atoms with Crippen LogP contribution in [0.25, 0.3) is 6.08 Å². The molecule has 1 rings (SSSR count). The summed E-state index contributed by atoms with van der Waals surface area (Å²) < 4.78 is 0. The normalized spacial score (nSPS) is 10.5. The van der Waals surface area contributed by atoms with Crippen LogP contribution in [-0.4, -0.2) is 21.0 Å². The molecule has 5 nitrogen and oxygen atoms in total. The number of carboxylic acids is 1. The molecule has 0 saturated carbocycles. The lowest BCUT2D eigenvalue weighted by Gasteiger charge is -1.92. The highest BCUT2D eigenvalue weighted by atomic mass is 16.4. The van der Waals surface area contributed by atoms with Crippen LogP contribution in [0, 0.1) is 6.92 Å². The molecule has 1 heterocycles. The molecule has 0 radical (unpaired) electrons. The average molecular weight is 180 g/mol. The third-order valence-electron chi connectivity index (χ3n) is 1.36. The molecule has 13 heavy (non-hydrogen) atoms. The number of hydrogen-bond donors (Lipinski definition) is 2. The first-order valence-electron chi connectivity index (χ1n) is 3.56. The highest BCUT2D eigenvalue weighted by Crippen LogP contribution is 1.91. The number of nitrogens with one attached hydrogen (secondary N) is 1. The molecular weight excluding hydrogens is 172 g/mol. The Morgan fingerprint density at radius 2 is 2.38 bits per heavy atom. The van der Waals surface area contributed by atoms with Gasteiger partial charge in [-0.25, -0.2) is 9.78 Å². The van der Waals surface area contributed by atoms with Crippen LogP contribution >= 0.6 is 0 Å². The second kappa shape index (κ2) is 3.66. The molecular formula is C8H8N2O3. The van der Waals surface area contributed by atoms with E-state index in [0.717, 1.165) is 6.08 Å². The van der Waals surface area contributed by atoms with Crippen molar-refractivity contribution in [3.05, 3.63) is 34.0 Å². The number of aromatic nitrogens is 2.